The highest BCUT2D eigenvalue weighted by molar-refractivity contribution is 5.71. The second-order valence-electron chi connectivity index (χ2n) is 16.6. The van der Waals surface area contributed by atoms with E-state index in [0.717, 1.165) is 135 Å². The Bertz CT molecular complexity index is 1530. The van der Waals surface area contributed by atoms with Gasteiger partial charge in [-0.3, -0.25) is 14.4 Å². The molecule has 374 valence electrons. The molecule has 0 N–H and O–H groups in total. The number of carbonyl (C=O) groups is 3. The molecule has 0 amide bonds. The first-order valence-electron chi connectivity index (χ1n) is 26.3. The molecule has 0 aromatic carbocycles. The van der Waals surface area contributed by atoms with Crippen LogP contribution in [-0.2, 0) is 28.6 Å². The summed E-state index contributed by atoms with van der Waals surface area (Å²) < 4.78 is 16.7. The van der Waals surface area contributed by atoms with Crippen LogP contribution in [0.25, 0.3) is 0 Å². The zero-order chi connectivity index (χ0) is 48.6. The molecule has 0 aliphatic carbocycles. The van der Waals surface area contributed by atoms with E-state index < -0.39 is 6.10 Å². The number of hydrogen-bond acceptors (Lipinski definition) is 6. The molecule has 67 heavy (non-hydrogen) atoms. The minimum absolute atomic E-state index is 0.122. The van der Waals surface area contributed by atoms with Gasteiger partial charge >= 0.3 is 17.9 Å². The Morgan fingerprint density at radius 1 is 0.299 bits per heavy atom. The van der Waals surface area contributed by atoms with Crippen LogP contribution >= 0.6 is 0 Å². The fraction of sp³-hybridized carbons (Fsp3) is 0.557. The van der Waals surface area contributed by atoms with Crippen molar-refractivity contribution >= 4 is 17.9 Å². The molecule has 0 saturated heterocycles. The largest absolute Gasteiger partial charge is 0.462 e. The van der Waals surface area contributed by atoms with Crippen molar-refractivity contribution in [2.24, 2.45) is 0 Å². The van der Waals surface area contributed by atoms with Crippen LogP contribution in [0.4, 0.5) is 0 Å². The highest BCUT2D eigenvalue weighted by Crippen LogP contribution is 2.12. The van der Waals surface area contributed by atoms with E-state index in [2.05, 4.69) is 167 Å². The van der Waals surface area contributed by atoms with Gasteiger partial charge in [0.2, 0.25) is 0 Å². The number of carbonyl (C=O) groups excluding carboxylic acids is 3. The lowest BCUT2D eigenvalue weighted by atomic mass is 10.1. The number of rotatable bonds is 45. The van der Waals surface area contributed by atoms with Gasteiger partial charge in [0, 0.05) is 19.3 Å². The second-order valence-corrected chi connectivity index (χ2v) is 16.6. The average molecular weight is 923 g/mol. The summed E-state index contributed by atoms with van der Waals surface area (Å²) in [6, 6.07) is 0. The third-order valence-corrected chi connectivity index (χ3v) is 10.3. The molecule has 0 aromatic heterocycles. The molecule has 6 heteroatoms. The normalized spacial score (nSPS) is 13.3. The van der Waals surface area contributed by atoms with Crippen molar-refractivity contribution in [2.45, 2.75) is 207 Å². The van der Waals surface area contributed by atoms with E-state index >= 15 is 0 Å². The van der Waals surface area contributed by atoms with E-state index in [4.69, 9.17) is 14.2 Å². The lowest BCUT2D eigenvalue weighted by Crippen LogP contribution is -2.30. The number of unbranched alkanes of at least 4 members (excludes halogenated alkanes) is 10. The summed E-state index contributed by atoms with van der Waals surface area (Å²) in [5.74, 6) is -1.04. The molecule has 0 radical (unpaired) electrons. The van der Waals surface area contributed by atoms with Crippen LogP contribution in [0.15, 0.2) is 146 Å². The standard InChI is InChI=1S/C61H94O6/c1-4-7-10-13-16-19-22-25-28-31-34-36-39-42-45-48-51-54-60(63)66-57-58(67-61(64)55-52-49-46-43-40-37-33-30-27-24-21-18-15-12-9-6-3)56-65-59(62)53-50-47-44-41-38-35-32-29-26-23-20-17-14-11-8-5-2/h7-12,16-21,25-30,34,36-37,40,42,45,58H,4-6,13-15,22-24,31-33,35,38-39,41,43-44,46-57H2,1-3H3/b10-7-,11-8-,12-9-,19-16-,20-17-,21-18-,28-25-,29-26-,30-27-,36-34-,40-37-,45-42-. The molecule has 0 aliphatic heterocycles. The molecule has 0 spiro atoms. The van der Waals surface area contributed by atoms with E-state index in [-0.39, 0.29) is 44.0 Å². The van der Waals surface area contributed by atoms with Gasteiger partial charge in [-0.15, -0.1) is 0 Å². The van der Waals surface area contributed by atoms with Gasteiger partial charge in [0.05, 0.1) is 0 Å². The summed E-state index contributed by atoms with van der Waals surface area (Å²) in [5, 5.41) is 0. The molecule has 1 unspecified atom stereocenters. The topological polar surface area (TPSA) is 78.9 Å². The highest BCUT2D eigenvalue weighted by atomic mass is 16.6. The van der Waals surface area contributed by atoms with E-state index in [1.54, 1.807) is 0 Å². The van der Waals surface area contributed by atoms with Gasteiger partial charge in [-0.1, -0.05) is 199 Å². The van der Waals surface area contributed by atoms with Crippen molar-refractivity contribution in [3.05, 3.63) is 146 Å². The maximum absolute atomic E-state index is 12.8. The summed E-state index contributed by atoms with van der Waals surface area (Å²) in [4.78, 5) is 38.0. The van der Waals surface area contributed by atoms with Gasteiger partial charge in [-0.2, -0.15) is 0 Å². The Labute approximate surface area is 410 Å². The molecule has 0 bridgehead atoms. The quantitative estimate of drug-likeness (QED) is 0.0262. The Kier molecular flexibility index (Phi) is 50.1. The fourth-order valence-electron chi connectivity index (χ4n) is 6.48. The third-order valence-electron chi connectivity index (χ3n) is 10.3. The smallest absolute Gasteiger partial charge is 0.306 e. The molecule has 0 fully saturated rings. The maximum atomic E-state index is 12.8. The first-order valence-corrected chi connectivity index (χ1v) is 26.3. The Balaban J connectivity index is 4.59. The van der Waals surface area contributed by atoms with Crippen molar-refractivity contribution in [1.29, 1.82) is 0 Å². The van der Waals surface area contributed by atoms with Crippen LogP contribution in [0.1, 0.15) is 201 Å². The minimum Gasteiger partial charge on any atom is -0.462 e. The predicted molar refractivity (Wildman–Crippen MR) is 288 cm³/mol. The minimum atomic E-state index is -0.830. The van der Waals surface area contributed by atoms with Crippen molar-refractivity contribution in [3.8, 4) is 0 Å². The van der Waals surface area contributed by atoms with Crippen LogP contribution < -0.4 is 0 Å². The Morgan fingerprint density at radius 2 is 0.552 bits per heavy atom. The summed E-state index contributed by atoms with van der Waals surface area (Å²) >= 11 is 0. The van der Waals surface area contributed by atoms with E-state index in [9.17, 15) is 14.4 Å². The van der Waals surface area contributed by atoms with Gasteiger partial charge < -0.3 is 14.2 Å². The van der Waals surface area contributed by atoms with Crippen molar-refractivity contribution in [3.63, 3.8) is 0 Å². The molecule has 0 aromatic rings. The van der Waals surface area contributed by atoms with Gasteiger partial charge in [0.1, 0.15) is 13.2 Å². The molecule has 1 atom stereocenters. The summed E-state index contributed by atoms with van der Waals surface area (Å²) in [6.07, 6.45) is 76.9. The lowest BCUT2D eigenvalue weighted by molar-refractivity contribution is -0.167. The van der Waals surface area contributed by atoms with Crippen molar-refractivity contribution in [2.75, 3.05) is 13.2 Å². The molecule has 0 aliphatic rings. The van der Waals surface area contributed by atoms with E-state index in [1.165, 1.54) is 12.8 Å². The molecular formula is C61H94O6. The molecule has 0 rings (SSSR count). The summed E-state index contributed by atoms with van der Waals surface area (Å²) in [7, 11) is 0. The maximum Gasteiger partial charge on any atom is 0.306 e. The van der Waals surface area contributed by atoms with Crippen LogP contribution in [0, 0.1) is 0 Å². The Morgan fingerprint density at radius 3 is 0.910 bits per heavy atom. The monoisotopic (exact) mass is 923 g/mol. The zero-order valence-corrected chi connectivity index (χ0v) is 42.6. The second kappa shape index (κ2) is 53.9. The van der Waals surface area contributed by atoms with Crippen LogP contribution in [0.2, 0.25) is 0 Å². The van der Waals surface area contributed by atoms with Gasteiger partial charge in [0.25, 0.3) is 0 Å². The lowest BCUT2D eigenvalue weighted by Gasteiger charge is -2.18. The van der Waals surface area contributed by atoms with Crippen LogP contribution in [0.3, 0.4) is 0 Å². The van der Waals surface area contributed by atoms with E-state index in [1.807, 2.05) is 0 Å². The number of esters is 3. The van der Waals surface area contributed by atoms with Crippen molar-refractivity contribution in [1.82, 2.24) is 0 Å². The fourth-order valence-corrected chi connectivity index (χ4v) is 6.48. The van der Waals surface area contributed by atoms with E-state index in [0.29, 0.717) is 19.3 Å². The zero-order valence-electron chi connectivity index (χ0n) is 42.6. The van der Waals surface area contributed by atoms with Gasteiger partial charge in [-0.05, 0) is 128 Å². The third kappa shape index (κ3) is 52.1. The summed E-state index contributed by atoms with van der Waals surface area (Å²) in [6.45, 7) is 6.19. The number of allylic oxidation sites excluding steroid dienone is 24. The van der Waals surface area contributed by atoms with Crippen molar-refractivity contribution < 1.29 is 28.6 Å². The van der Waals surface area contributed by atoms with Gasteiger partial charge in [-0.25, -0.2) is 0 Å². The number of ether oxygens (including phenoxy) is 3. The SMILES string of the molecule is CC/C=C\C/C=C\C/C=C\C/C=C\C/C=C\CCCC(=O)OCC(COC(=O)CCCCCCCC/C=C\C/C=C\C/C=C\CC)OC(=O)CCCCC/C=C\C/C=C\C/C=C\C/C=C\CC. The predicted octanol–water partition coefficient (Wildman–Crippen LogP) is 17.6. The van der Waals surface area contributed by atoms with Crippen LogP contribution in [0.5, 0.6) is 0 Å². The first-order chi connectivity index (χ1) is 33.0. The van der Waals surface area contributed by atoms with Crippen LogP contribution in [-0.4, -0.2) is 37.2 Å². The molecule has 0 saturated carbocycles. The highest BCUT2D eigenvalue weighted by Gasteiger charge is 2.19. The summed E-state index contributed by atoms with van der Waals surface area (Å²) in [5.41, 5.74) is 0. The molecule has 0 heterocycles. The average Bonchev–Trinajstić information content (AvgIpc) is 3.33. The number of hydrogen-bond donors (Lipinski definition) is 0. The Hall–Kier alpha value is -4.71. The molecule has 6 nitrogen and oxygen atoms in total. The first kappa shape index (κ1) is 62.3. The van der Waals surface area contributed by atoms with Gasteiger partial charge in [0.15, 0.2) is 6.10 Å². The molecular weight excluding hydrogens is 829 g/mol.